The maximum absolute atomic E-state index is 12.4. The van der Waals surface area contributed by atoms with Gasteiger partial charge in [-0.05, 0) is 25.2 Å². The largest absolute Gasteiger partial charge is 0.481 e. The minimum atomic E-state index is -1.22. The van der Waals surface area contributed by atoms with E-state index in [1.807, 2.05) is 26.0 Å². The topological polar surface area (TPSA) is 74.6 Å². The Labute approximate surface area is 184 Å². The van der Waals surface area contributed by atoms with Crippen molar-refractivity contribution < 1.29 is 19.8 Å². The van der Waals surface area contributed by atoms with E-state index in [4.69, 9.17) is 0 Å². The smallest absolute Gasteiger partial charge is 0.311 e. The highest BCUT2D eigenvalue weighted by Crippen LogP contribution is 2.56. The normalized spacial score (nSPS) is 23.7. The summed E-state index contributed by atoms with van der Waals surface area (Å²) < 4.78 is 0. The zero-order valence-electron chi connectivity index (χ0n) is 19.8. The van der Waals surface area contributed by atoms with Gasteiger partial charge in [-0.2, -0.15) is 0 Å². The van der Waals surface area contributed by atoms with E-state index in [0.717, 1.165) is 19.3 Å². The van der Waals surface area contributed by atoms with Crippen LogP contribution in [-0.2, 0) is 9.59 Å². The summed E-state index contributed by atoms with van der Waals surface area (Å²) in [5.74, 6) is -2.13. The first-order valence-electron chi connectivity index (χ1n) is 12.5. The lowest BCUT2D eigenvalue weighted by Crippen LogP contribution is -2.56. The van der Waals surface area contributed by atoms with Crippen molar-refractivity contribution in [1.82, 2.24) is 0 Å². The number of hydrogen-bond donors (Lipinski definition) is 2. The standard InChI is InChI=1S/C26H46O4/c1-4-5-6-7-8-9-10-11-12-13-14-15-16-19-25(23(27)28)20-17-18-21-26(25,22(2)3)24(29)30/h17-18,22H,4-16,19-21H2,1-3H3,(H,27,28)(H,29,30). The van der Waals surface area contributed by atoms with Gasteiger partial charge in [-0.1, -0.05) is 116 Å². The summed E-state index contributed by atoms with van der Waals surface area (Å²) >= 11 is 0. The quantitative estimate of drug-likeness (QED) is 0.187. The molecule has 0 aromatic rings. The molecule has 4 heteroatoms. The van der Waals surface area contributed by atoms with Crippen molar-refractivity contribution in [1.29, 1.82) is 0 Å². The van der Waals surface area contributed by atoms with Gasteiger partial charge in [-0.25, -0.2) is 0 Å². The van der Waals surface area contributed by atoms with Crippen LogP contribution in [0.25, 0.3) is 0 Å². The molecular weight excluding hydrogens is 376 g/mol. The van der Waals surface area contributed by atoms with E-state index in [1.54, 1.807) is 0 Å². The summed E-state index contributed by atoms with van der Waals surface area (Å²) in [6.07, 6.45) is 20.9. The fraction of sp³-hybridized carbons (Fsp3) is 0.846. The van der Waals surface area contributed by atoms with Crippen LogP contribution in [0, 0.1) is 16.7 Å². The van der Waals surface area contributed by atoms with E-state index in [-0.39, 0.29) is 5.92 Å². The third-order valence-corrected chi connectivity index (χ3v) is 7.41. The lowest BCUT2D eigenvalue weighted by atomic mass is 9.51. The molecule has 0 aliphatic heterocycles. The number of allylic oxidation sites excluding steroid dienone is 2. The second-order valence-corrected chi connectivity index (χ2v) is 9.69. The van der Waals surface area contributed by atoms with Crippen molar-refractivity contribution in [2.24, 2.45) is 16.7 Å². The third kappa shape index (κ3) is 6.85. The number of aliphatic carboxylic acids is 2. The predicted molar refractivity (Wildman–Crippen MR) is 124 cm³/mol. The highest BCUT2D eigenvalue weighted by atomic mass is 16.4. The number of carboxylic acid groups (broad SMARTS) is 2. The second-order valence-electron chi connectivity index (χ2n) is 9.69. The molecule has 0 spiro atoms. The molecule has 0 bridgehead atoms. The molecule has 4 nitrogen and oxygen atoms in total. The molecule has 1 aliphatic carbocycles. The van der Waals surface area contributed by atoms with Crippen LogP contribution in [0.3, 0.4) is 0 Å². The van der Waals surface area contributed by atoms with Crippen LogP contribution in [0.15, 0.2) is 12.2 Å². The summed E-state index contributed by atoms with van der Waals surface area (Å²) in [6.45, 7) is 5.96. The average molecular weight is 423 g/mol. The summed E-state index contributed by atoms with van der Waals surface area (Å²) in [5, 5.41) is 20.2. The first-order valence-corrected chi connectivity index (χ1v) is 12.5. The Hall–Kier alpha value is -1.32. The molecule has 0 heterocycles. The monoisotopic (exact) mass is 422 g/mol. The molecule has 0 saturated heterocycles. The zero-order chi connectivity index (χ0) is 22.5. The number of hydrogen-bond acceptors (Lipinski definition) is 2. The van der Waals surface area contributed by atoms with Gasteiger partial charge in [0.2, 0.25) is 0 Å². The van der Waals surface area contributed by atoms with Crippen LogP contribution in [-0.4, -0.2) is 22.2 Å². The SMILES string of the molecule is CCCCCCCCCCCCCCCC1(C(=O)O)CC=CCC1(C(=O)O)C(C)C. The molecule has 0 saturated carbocycles. The molecule has 2 atom stereocenters. The Morgan fingerprint density at radius 3 is 1.57 bits per heavy atom. The molecule has 0 radical (unpaired) electrons. The van der Waals surface area contributed by atoms with Crippen molar-refractivity contribution in [3.8, 4) is 0 Å². The minimum Gasteiger partial charge on any atom is -0.481 e. The number of carbonyl (C=O) groups is 2. The highest BCUT2D eigenvalue weighted by molar-refractivity contribution is 5.87. The van der Waals surface area contributed by atoms with Crippen LogP contribution in [0.2, 0.25) is 0 Å². The molecule has 1 aliphatic rings. The highest BCUT2D eigenvalue weighted by Gasteiger charge is 2.62. The van der Waals surface area contributed by atoms with Crippen molar-refractivity contribution in [3.05, 3.63) is 12.2 Å². The van der Waals surface area contributed by atoms with Gasteiger partial charge in [0.25, 0.3) is 0 Å². The second kappa shape index (κ2) is 13.9. The van der Waals surface area contributed by atoms with Crippen LogP contribution in [0.5, 0.6) is 0 Å². The van der Waals surface area contributed by atoms with E-state index in [1.165, 1.54) is 64.2 Å². The summed E-state index contributed by atoms with van der Waals surface area (Å²) in [7, 11) is 0. The first-order chi connectivity index (χ1) is 14.3. The molecule has 0 aromatic heterocycles. The van der Waals surface area contributed by atoms with E-state index < -0.39 is 22.8 Å². The number of carboxylic acids is 2. The van der Waals surface area contributed by atoms with Crippen LogP contribution in [0.1, 0.15) is 124 Å². The Bertz CT molecular complexity index is 539. The third-order valence-electron chi connectivity index (χ3n) is 7.41. The Morgan fingerprint density at radius 1 is 0.733 bits per heavy atom. The van der Waals surface area contributed by atoms with Gasteiger partial charge in [-0.3, -0.25) is 9.59 Å². The van der Waals surface area contributed by atoms with Gasteiger partial charge in [0.1, 0.15) is 0 Å². The van der Waals surface area contributed by atoms with E-state index in [2.05, 4.69) is 6.92 Å². The average Bonchev–Trinajstić information content (AvgIpc) is 2.71. The molecule has 30 heavy (non-hydrogen) atoms. The molecular formula is C26H46O4. The summed E-state index contributed by atoms with van der Waals surface area (Å²) in [6, 6.07) is 0. The van der Waals surface area contributed by atoms with Crippen molar-refractivity contribution in [2.75, 3.05) is 0 Å². The van der Waals surface area contributed by atoms with Gasteiger partial charge in [0.15, 0.2) is 0 Å². The molecule has 0 aromatic carbocycles. The zero-order valence-corrected chi connectivity index (χ0v) is 19.8. The van der Waals surface area contributed by atoms with Crippen LogP contribution in [0.4, 0.5) is 0 Å². The van der Waals surface area contributed by atoms with Crippen molar-refractivity contribution in [3.63, 3.8) is 0 Å². The van der Waals surface area contributed by atoms with Gasteiger partial charge < -0.3 is 10.2 Å². The maximum Gasteiger partial charge on any atom is 0.311 e. The molecule has 2 N–H and O–H groups in total. The van der Waals surface area contributed by atoms with Gasteiger partial charge in [0.05, 0.1) is 10.8 Å². The van der Waals surface area contributed by atoms with Gasteiger partial charge >= 0.3 is 11.9 Å². The number of unbranched alkanes of at least 4 members (excludes halogenated alkanes) is 12. The lowest BCUT2D eigenvalue weighted by molar-refractivity contribution is -0.181. The van der Waals surface area contributed by atoms with E-state index >= 15 is 0 Å². The van der Waals surface area contributed by atoms with E-state index in [0.29, 0.717) is 19.3 Å². The molecule has 1 rings (SSSR count). The Kier molecular flexibility index (Phi) is 12.4. The first kappa shape index (κ1) is 26.7. The summed E-state index contributed by atoms with van der Waals surface area (Å²) in [5.41, 5.74) is -2.41. The molecule has 0 fully saturated rings. The minimum absolute atomic E-state index is 0.224. The maximum atomic E-state index is 12.4. The van der Waals surface area contributed by atoms with Gasteiger partial charge in [-0.15, -0.1) is 0 Å². The van der Waals surface area contributed by atoms with Crippen LogP contribution < -0.4 is 0 Å². The molecule has 0 amide bonds. The molecule has 174 valence electrons. The van der Waals surface area contributed by atoms with Crippen LogP contribution >= 0.6 is 0 Å². The van der Waals surface area contributed by atoms with Crippen molar-refractivity contribution >= 4 is 11.9 Å². The molecule has 2 unspecified atom stereocenters. The fourth-order valence-corrected chi connectivity index (χ4v) is 5.41. The fourth-order valence-electron chi connectivity index (χ4n) is 5.41. The lowest BCUT2D eigenvalue weighted by Gasteiger charge is -2.49. The summed E-state index contributed by atoms with van der Waals surface area (Å²) in [4.78, 5) is 24.6. The van der Waals surface area contributed by atoms with Crippen molar-refractivity contribution in [2.45, 2.75) is 124 Å². The van der Waals surface area contributed by atoms with Gasteiger partial charge in [0, 0.05) is 0 Å². The van der Waals surface area contributed by atoms with E-state index in [9.17, 15) is 19.8 Å². The predicted octanol–water partition coefficient (Wildman–Crippen LogP) is 7.62. The Balaban J connectivity index is 2.38. The Morgan fingerprint density at radius 2 is 1.17 bits per heavy atom. The number of rotatable bonds is 17.